The third-order valence-electron chi connectivity index (χ3n) is 4.91. The van der Waals surface area contributed by atoms with Crippen molar-refractivity contribution in [1.82, 2.24) is 5.32 Å². The maximum absolute atomic E-state index is 12.6. The Morgan fingerprint density at radius 2 is 1.64 bits per heavy atom. The van der Waals surface area contributed by atoms with E-state index in [4.69, 9.17) is 4.74 Å². The molecule has 2 amide bonds. The Balaban J connectivity index is 1.62. The number of carboxylic acids is 1. The monoisotopic (exact) mass is 382 g/mol. The van der Waals surface area contributed by atoms with Crippen LogP contribution in [0.2, 0.25) is 0 Å². The molecule has 2 aromatic rings. The average molecular weight is 382 g/mol. The SMILES string of the molecule is Cc1ccc(Oc2ccc(NC(=O)C3CC(C(=O)O)CC3NC=O)cc2)cc1. The molecule has 1 fully saturated rings. The number of carbonyl (C=O) groups is 3. The standard InChI is InChI=1S/C21H22N2O5/c1-13-2-6-16(7-3-13)28-17-8-4-15(5-9-17)23-20(25)18-10-14(21(26)27)11-19(18)22-12-24/h2-9,12,14,18-19H,10-11H2,1H3,(H,22,24)(H,23,25)(H,26,27). The third kappa shape index (κ3) is 4.68. The first kappa shape index (κ1) is 19.4. The van der Waals surface area contributed by atoms with Crippen LogP contribution in [-0.4, -0.2) is 29.4 Å². The van der Waals surface area contributed by atoms with Crippen molar-refractivity contribution in [2.45, 2.75) is 25.8 Å². The highest BCUT2D eigenvalue weighted by Crippen LogP contribution is 2.32. The Morgan fingerprint density at radius 1 is 1.04 bits per heavy atom. The molecule has 7 heteroatoms. The molecule has 0 aliphatic heterocycles. The Bertz CT molecular complexity index is 848. The molecule has 3 atom stereocenters. The average Bonchev–Trinajstić information content (AvgIpc) is 3.10. The van der Waals surface area contributed by atoms with Gasteiger partial charge in [-0.1, -0.05) is 17.7 Å². The normalized spacial score (nSPS) is 21.0. The molecule has 1 saturated carbocycles. The summed E-state index contributed by atoms with van der Waals surface area (Å²) in [5.74, 6) is -1.14. The van der Waals surface area contributed by atoms with Crippen LogP contribution in [0.5, 0.6) is 11.5 Å². The zero-order chi connectivity index (χ0) is 20.1. The molecule has 28 heavy (non-hydrogen) atoms. The van der Waals surface area contributed by atoms with Gasteiger partial charge in [0, 0.05) is 11.7 Å². The number of hydrogen-bond donors (Lipinski definition) is 3. The van der Waals surface area contributed by atoms with E-state index in [0.717, 1.165) is 11.3 Å². The number of anilines is 1. The summed E-state index contributed by atoms with van der Waals surface area (Å²) in [5.41, 5.74) is 1.72. The Labute approximate surface area is 162 Å². The molecule has 7 nitrogen and oxygen atoms in total. The maximum Gasteiger partial charge on any atom is 0.306 e. The highest BCUT2D eigenvalue weighted by molar-refractivity contribution is 5.94. The lowest BCUT2D eigenvalue weighted by Crippen LogP contribution is -2.38. The fraction of sp³-hybridized carbons (Fsp3) is 0.286. The van der Waals surface area contributed by atoms with Gasteiger partial charge < -0.3 is 20.5 Å². The van der Waals surface area contributed by atoms with Crippen LogP contribution in [0.15, 0.2) is 48.5 Å². The lowest BCUT2D eigenvalue weighted by atomic mass is 10.0. The quantitative estimate of drug-likeness (QED) is 0.639. The Hall–Kier alpha value is -3.35. The first-order valence-corrected chi connectivity index (χ1v) is 9.04. The van der Waals surface area contributed by atoms with Gasteiger partial charge in [-0.15, -0.1) is 0 Å². The molecule has 3 unspecified atom stereocenters. The highest BCUT2D eigenvalue weighted by Gasteiger charge is 2.41. The van der Waals surface area contributed by atoms with Crippen LogP contribution in [0.4, 0.5) is 5.69 Å². The van der Waals surface area contributed by atoms with Gasteiger partial charge in [0.25, 0.3) is 0 Å². The summed E-state index contributed by atoms with van der Waals surface area (Å²) in [6.45, 7) is 2.00. The molecule has 2 aromatic carbocycles. The van der Waals surface area contributed by atoms with Crippen LogP contribution in [0.3, 0.4) is 0 Å². The minimum Gasteiger partial charge on any atom is -0.481 e. The zero-order valence-corrected chi connectivity index (χ0v) is 15.4. The van der Waals surface area contributed by atoms with Crippen molar-refractivity contribution < 1.29 is 24.2 Å². The minimum absolute atomic E-state index is 0.196. The van der Waals surface area contributed by atoms with Crippen molar-refractivity contribution in [1.29, 1.82) is 0 Å². The predicted octanol–water partition coefficient (Wildman–Crippen LogP) is 2.95. The maximum atomic E-state index is 12.6. The van der Waals surface area contributed by atoms with Crippen molar-refractivity contribution in [2.24, 2.45) is 11.8 Å². The summed E-state index contributed by atoms with van der Waals surface area (Å²) < 4.78 is 5.76. The summed E-state index contributed by atoms with van der Waals surface area (Å²) >= 11 is 0. The van der Waals surface area contributed by atoms with Gasteiger partial charge in [0.2, 0.25) is 12.3 Å². The molecule has 0 heterocycles. The second kappa shape index (κ2) is 8.56. The van der Waals surface area contributed by atoms with E-state index in [0.29, 0.717) is 17.8 Å². The van der Waals surface area contributed by atoms with Crippen LogP contribution in [-0.2, 0) is 14.4 Å². The molecule has 0 radical (unpaired) electrons. The van der Waals surface area contributed by atoms with Crippen molar-refractivity contribution >= 4 is 24.0 Å². The number of aryl methyl sites for hydroxylation is 1. The van der Waals surface area contributed by atoms with Gasteiger partial charge in [-0.05, 0) is 56.2 Å². The Kier molecular flexibility index (Phi) is 5.93. The summed E-state index contributed by atoms with van der Waals surface area (Å²) in [5, 5.41) is 14.5. The van der Waals surface area contributed by atoms with Crippen molar-refractivity contribution in [3.63, 3.8) is 0 Å². The van der Waals surface area contributed by atoms with E-state index in [-0.39, 0.29) is 18.7 Å². The van der Waals surface area contributed by atoms with E-state index in [1.165, 1.54) is 0 Å². The molecule has 3 rings (SSSR count). The van der Waals surface area contributed by atoms with E-state index in [1.807, 2.05) is 31.2 Å². The van der Waals surface area contributed by atoms with Gasteiger partial charge >= 0.3 is 5.97 Å². The van der Waals surface area contributed by atoms with Gasteiger partial charge in [-0.25, -0.2) is 0 Å². The van der Waals surface area contributed by atoms with E-state index < -0.39 is 23.8 Å². The molecular formula is C21H22N2O5. The number of carbonyl (C=O) groups excluding carboxylic acids is 2. The number of benzene rings is 2. The van der Waals surface area contributed by atoms with Crippen molar-refractivity contribution in [3.05, 3.63) is 54.1 Å². The smallest absolute Gasteiger partial charge is 0.306 e. The van der Waals surface area contributed by atoms with Crippen molar-refractivity contribution in [2.75, 3.05) is 5.32 Å². The fourth-order valence-electron chi connectivity index (χ4n) is 3.38. The molecule has 146 valence electrons. The molecule has 0 aromatic heterocycles. The fourth-order valence-corrected chi connectivity index (χ4v) is 3.38. The number of hydrogen-bond acceptors (Lipinski definition) is 4. The number of ether oxygens (including phenoxy) is 1. The number of rotatable bonds is 7. The molecule has 1 aliphatic carbocycles. The summed E-state index contributed by atoms with van der Waals surface area (Å²) in [6, 6.07) is 14.1. The minimum atomic E-state index is -0.953. The lowest BCUT2D eigenvalue weighted by molar-refractivity contribution is -0.141. The summed E-state index contributed by atoms with van der Waals surface area (Å²) in [6.07, 6.45) is 0.948. The number of carboxylic acid groups (broad SMARTS) is 1. The molecule has 0 spiro atoms. The highest BCUT2D eigenvalue weighted by atomic mass is 16.5. The van der Waals surface area contributed by atoms with Crippen LogP contribution < -0.4 is 15.4 Å². The van der Waals surface area contributed by atoms with Gasteiger partial charge in [-0.2, -0.15) is 0 Å². The third-order valence-corrected chi connectivity index (χ3v) is 4.91. The van der Waals surface area contributed by atoms with Crippen LogP contribution in [0.1, 0.15) is 18.4 Å². The van der Waals surface area contributed by atoms with Crippen LogP contribution >= 0.6 is 0 Å². The summed E-state index contributed by atoms with van der Waals surface area (Å²) in [4.78, 5) is 34.6. The second-order valence-corrected chi connectivity index (χ2v) is 6.93. The zero-order valence-electron chi connectivity index (χ0n) is 15.4. The van der Waals surface area contributed by atoms with Crippen LogP contribution in [0.25, 0.3) is 0 Å². The first-order chi connectivity index (χ1) is 13.5. The molecule has 0 saturated heterocycles. The molecule has 0 bridgehead atoms. The van der Waals surface area contributed by atoms with E-state index >= 15 is 0 Å². The van der Waals surface area contributed by atoms with Gasteiger partial charge in [0.1, 0.15) is 11.5 Å². The Morgan fingerprint density at radius 3 is 2.21 bits per heavy atom. The largest absolute Gasteiger partial charge is 0.481 e. The van der Waals surface area contributed by atoms with Gasteiger partial charge in [0.05, 0.1) is 11.8 Å². The van der Waals surface area contributed by atoms with Gasteiger partial charge in [-0.3, -0.25) is 14.4 Å². The lowest BCUT2D eigenvalue weighted by Gasteiger charge is -2.18. The topological polar surface area (TPSA) is 105 Å². The molecule has 1 aliphatic rings. The molecule has 3 N–H and O–H groups in total. The van der Waals surface area contributed by atoms with Gasteiger partial charge in [0.15, 0.2) is 0 Å². The number of aliphatic carboxylic acids is 1. The first-order valence-electron chi connectivity index (χ1n) is 9.04. The number of amides is 2. The van der Waals surface area contributed by atoms with E-state index in [9.17, 15) is 19.5 Å². The summed E-state index contributed by atoms with van der Waals surface area (Å²) in [7, 11) is 0. The van der Waals surface area contributed by atoms with Crippen molar-refractivity contribution in [3.8, 4) is 11.5 Å². The molecular weight excluding hydrogens is 360 g/mol. The second-order valence-electron chi connectivity index (χ2n) is 6.93. The van der Waals surface area contributed by atoms with E-state index in [1.54, 1.807) is 24.3 Å². The van der Waals surface area contributed by atoms with Crippen LogP contribution in [0, 0.1) is 18.8 Å². The number of nitrogens with one attached hydrogen (secondary N) is 2. The predicted molar refractivity (Wildman–Crippen MR) is 103 cm³/mol. The van der Waals surface area contributed by atoms with E-state index in [2.05, 4.69) is 10.6 Å².